The van der Waals surface area contributed by atoms with Crippen LogP contribution in [0.1, 0.15) is 72.1 Å². The first-order valence-corrected chi connectivity index (χ1v) is 8.84. The van der Waals surface area contributed by atoms with Gasteiger partial charge >= 0.3 is 0 Å². The van der Waals surface area contributed by atoms with Crippen LogP contribution in [0.4, 0.5) is 0 Å². The smallest absolute Gasteiger partial charge is 0.0584 e. The van der Waals surface area contributed by atoms with E-state index in [0.29, 0.717) is 6.04 Å². The first-order chi connectivity index (χ1) is 9.78. The number of aliphatic hydroxyl groups excluding tert-OH is 1. The number of unbranched alkanes of at least 4 members (excludes halogenated alkanes) is 6. The van der Waals surface area contributed by atoms with Gasteiger partial charge in [0.1, 0.15) is 0 Å². The SMILES string of the molecule is CCCCCCCCCC(CO)NCCN(CC)CC. The van der Waals surface area contributed by atoms with Crippen molar-refractivity contribution in [2.75, 3.05) is 32.8 Å². The van der Waals surface area contributed by atoms with Gasteiger partial charge in [0.05, 0.1) is 6.61 Å². The van der Waals surface area contributed by atoms with Crippen molar-refractivity contribution in [3.05, 3.63) is 0 Å². The third-order valence-electron chi connectivity index (χ3n) is 4.13. The van der Waals surface area contributed by atoms with Crippen LogP contribution in [-0.2, 0) is 0 Å². The van der Waals surface area contributed by atoms with E-state index >= 15 is 0 Å². The van der Waals surface area contributed by atoms with Crippen LogP contribution >= 0.6 is 0 Å². The molecule has 3 nitrogen and oxygen atoms in total. The highest BCUT2D eigenvalue weighted by Gasteiger charge is 2.07. The van der Waals surface area contributed by atoms with Crippen LogP contribution in [0.25, 0.3) is 0 Å². The number of rotatable bonds is 15. The molecule has 0 aliphatic rings. The van der Waals surface area contributed by atoms with Crippen LogP contribution in [0.2, 0.25) is 0 Å². The molecule has 0 aromatic rings. The number of aliphatic hydroxyl groups is 1. The molecule has 0 spiro atoms. The summed E-state index contributed by atoms with van der Waals surface area (Å²) in [6.45, 7) is 11.2. The van der Waals surface area contributed by atoms with Gasteiger partial charge in [-0.2, -0.15) is 0 Å². The second-order valence-electron chi connectivity index (χ2n) is 5.77. The molecule has 20 heavy (non-hydrogen) atoms. The molecule has 0 aromatic heterocycles. The monoisotopic (exact) mass is 286 g/mol. The minimum Gasteiger partial charge on any atom is -0.395 e. The van der Waals surface area contributed by atoms with E-state index in [1.807, 2.05) is 0 Å². The Morgan fingerprint density at radius 2 is 1.50 bits per heavy atom. The Labute approximate surface area is 127 Å². The molecule has 0 aliphatic carbocycles. The zero-order valence-corrected chi connectivity index (χ0v) is 14.2. The van der Waals surface area contributed by atoms with Crippen molar-refractivity contribution in [1.82, 2.24) is 10.2 Å². The average molecular weight is 287 g/mol. The molecular formula is C17H38N2O. The number of nitrogens with zero attached hydrogens (tertiary/aromatic N) is 1. The molecule has 0 radical (unpaired) electrons. The van der Waals surface area contributed by atoms with Gasteiger partial charge in [-0.25, -0.2) is 0 Å². The number of likely N-dealkylation sites (N-methyl/N-ethyl adjacent to an activating group) is 1. The maximum Gasteiger partial charge on any atom is 0.0584 e. The van der Waals surface area contributed by atoms with Crippen molar-refractivity contribution >= 4 is 0 Å². The lowest BCUT2D eigenvalue weighted by atomic mass is 10.1. The molecule has 0 amide bonds. The lowest BCUT2D eigenvalue weighted by Gasteiger charge is -2.21. The third kappa shape index (κ3) is 11.7. The highest BCUT2D eigenvalue weighted by atomic mass is 16.3. The molecule has 3 heteroatoms. The van der Waals surface area contributed by atoms with E-state index in [4.69, 9.17) is 0 Å². The number of nitrogens with one attached hydrogen (secondary N) is 1. The lowest BCUT2D eigenvalue weighted by Crippen LogP contribution is -2.39. The van der Waals surface area contributed by atoms with Crippen molar-refractivity contribution in [2.45, 2.75) is 78.2 Å². The molecule has 0 aromatic carbocycles. The second-order valence-corrected chi connectivity index (χ2v) is 5.77. The summed E-state index contributed by atoms with van der Waals surface area (Å²) in [5, 5.41) is 12.9. The van der Waals surface area contributed by atoms with Gasteiger partial charge < -0.3 is 15.3 Å². The molecule has 0 heterocycles. The van der Waals surface area contributed by atoms with Crippen molar-refractivity contribution in [3.8, 4) is 0 Å². The van der Waals surface area contributed by atoms with Crippen LogP contribution < -0.4 is 5.32 Å². The molecule has 0 fully saturated rings. The molecule has 0 aliphatic heterocycles. The Morgan fingerprint density at radius 1 is 0.900 bits per heavy atom. The van der Waals surface area contributed by atoms with Crippen molar-refractivity contribution < 1.29 is 5.11 Å². The van der Waals surface area contributed by atoms with E-state index in [0.717, 1.165) is 32.6 Å². The summed E-state index contributed by atoms with van der Waals surface area (Å²) in [6.07, 6.45) is 10.5. The number of hydrogen-bond donors (Lipinski definition) is 2. The van der Waals surface area contributed by atoms with E-state index in [1.165, 1.54) is 44.9 Å². The Balaban J connectivity index is 3.47. The molecule has 1 atom stereocenters. The van der Waals surface area contributed by atoms with Crippen LogP contribution in [0.15, 0.2) is 0 Å². The Hall–Kier alpha value is -0.120. The normalized spacial score (nSPS) is 13.1. The van der Waals surface area contributed by atoms with Gasteiger partial charge in [0, 0.05) is 19.1 Å². The Morgan fingerprint density at radius 3 is 2.05 bits per heavy atom. The highest BCUT2D eigenvalue weighted by molar-refractivity contribution is 4.67. The van der Waals surface area contributed by atoms with Gasteiger partial charge in [-0.05, 0) is 19.5 Å². The maximum absolute atomic E-state index is 9.40. The lowest BCUT2D eigenvalue weighted by molar-refractivity contribution is 0.223. The molecule has 2 N–H and O–H groups in total. The molecule has 1 unspecified atom stereocenters. The van der Waals surface area contributed by atoms with E-state index in [9.17, 15) is 5.11 Å². The Bertz CT molecular complexity index is 184. The zero-order chi connectivity index (χ0) is 15.1. The molecular weight excluding hydrogens is 248 g/mol. The zero-order valence-electron chi connectivity index (χ0n) is 14.2. The van der Waals surface area contributed by atoms with Crippen LogP contribution in [0.5, 0.6) is 0 Å². The summed E-state index contributed by atoms with van der Waals surface area (Å²) >= 11 is 0. The summed E-state index contributed by atoms with van der Waals surface area (Å²) in [6, 6.07) is 0.293. The van der Waals surface area contributed by atoms with Gasteiger partial charge in [0.2, 0.25) is 0 Å². The fourth-order valence-electron chi connectivity index (χ4n) is 2.57. The Kier molecular flexibility index (Phi) is 15.2. The fourth-order valence-corrected chi connectivity index (χ4v) is 2.57. The van der Waals surface area contributed by atoms with E-state index < -0.39 is 0 Å². The fraction of sp³-hybridized carbons (Fsp3) is 1.00. The standard InChI is InChI=1S/C17H38N2O/c1-4-7-8-9-10-11-12-13-17(16-20)18-14-15-19(5-2)6-3/h17-18,20H,4-16H2,1-3H3. The highest BCUT2D eigenvalue weighted by Crippen LogP contribution is 2.09. The first kappa shape index (κ1) is 19.9. The van der Waals surface area contributed by atoms with Crippen molar-refractivity contribution in [3.63, 3.8) is 0 Å². The summed E-state index contributed by atoms with van der Waals surface area (Å²) in [5.74, 6) is 0. The summed E-state index contributed by atoms with van der Waals surface area (Å²) in [7, 11) is 0. The van der Waals surface area contributed by atoms with E-state index in [1.54, 1.807) is 0 Å². The van der Waals surface area contributed by atoms with Gasteiger partial charge in [-0.3, -0.25) is 0 Å². The van der Waals surface area contributed by atoms with Gasteiger partial charge in [-0.15, -0.1) is 0 Å². The summed E-state index contributed by atoms with van der Waals surface area (Å²) < 4.78 is 0. The van der Waals surface area contributed by atoms with E-state index in [2.05, 4.69) is 31.0 Å². The predicted molar refractivity (Wildman–Crippen MR) is 89.3 cm³/mol. The third-order valence-corrected chi connectivity index (χ3v) is 4.13. The van der Waals surface area contributed by atoms with Crippen LogP contribution in [0.3, 0.4) is 0 Å². The molecule has 0 rings (SSSR count). The van der Waals surface area contributed by atoms with Gasteiger partial charge in [0.15, 0.2) is 0 Å². The summed E-state index contributed by atoms with van der Waals surface area (Å²) in [5.41, 5.74) is 0. The topological polar surface area (TPSA) is 35.5 Å². The van der Waals surface area contributed by atoms with Crippen molar-refractivity contribution in [1.29, 1.82) is 0 Å². The van der Waals surface area contributed by atoms with Crippen LogP contribution in [0, 0.1) is 0 Å². The van der Waals surface area contributed by atoms with E-state index in [-0.39, 0.29) is 6.61 Å². The van der Waals surface area contributed by atoms with Gasteiger partial charge in [0.25, 0.3) is 0 Å². The molecule has 0 saturated carbocycles. The first-order valence-electron chi connectivity index (χ1n) is 8.84. The minimum absolute atomic E-state index is 0.272. The molecule has 0 bridgehead atoms. The van der Waals surface area contributed by atoms with Crippen LogP contribution in [-0.4, -0.2) is 48.8 Å². The molecule has 122 valence electrons. The van der Waals surface area contributed by atoms with Crippen molar-refractivity contribution in [2.24, 2.45) is 0 Å². The van der Waals surface area contributed by atoms with Gasteiger partial charge in [-0.1, -0.05) is 65.7 Å². The number of hydrogen-bond acceptors (Lipinski definition) is 3. The average Bonchev–Trinajstić information content (AvgIpc) is 2.48. The molecule has 0 saturated heterocycles. The largest absolute Gasteiger partial charge is 0.395 e. The quantitative estimate of drug-likeness (QED) is 0.453. The summed E-state index contributed by atoms with van der Waals surface area (Å²) in [4.78, 5) is 2.41. The maximum atomic E-state index is 9.40. The predicted octanol–water partition coefficient (Wildman–Crippen LogP) is 3.42. The second kappa shape index (κ2) is 15.3. The minimum atomic E-state index is 0.272.